The zero-order valence-corrected chi connectivity index (χ0v) is 9.76. The first-order valence-electron chi connectivity index (χ1n) is 5.48. The van der Waals surface area contributed by atoms with Crippen LogP contribution in [0.15, 0.2) is 29.8 Å². The molecule has 0 radical (unpaired) electrons. The van der Waals surface area contributed by atoms with Gasteiger partial charge in [0.1, 0.15) is 0 Å². The zero-order chi connectivity index (χ0) is 11.5. The molecule has 84 valence electrons. The second-order valence-electron chi connectivity index (χ2n) is 4.01. The molecule has 0 saturated carbocycles. The molecule has 1 aliphatic carbocycles. The summed E-state index contributed by atoms with van der Waals surface area (Å²) in [6.07, 6.45) is 6.11. The van der Waals surface area contributed by atoms with Crippen LogP contribution < -0.4 is 5.73 Å². The summed E-state index contributed by atoms with van der Waals surface area (Å²) in [5, 5.41) is 0.447. The third-order valence-corrected chi connectivity index (χ3v) is 3.21. The van der Waals surface area contributed by atoms with E-state index in [4.69, 9.17) is 17.3 Å². The first kappa shape index (κ1) is 11.2. The Bertz CT molecular complexity index is 451. The van der Waals surface area contributed by atoms with Crippen LogP contribution >= 0.6 is 11.6 Å². The highest BCUT2D eigenvalue weighted by atomic mass is 35.5. The monoisotopic (exact) mass is 235 g/mol. The van der Waals surface area contributed by atoms with Crippen molar-refractivity contribution in [3.05, 3.63) is 40.4 Å². The van der Waals surface area contributed by atoms with Crippen LogP contribution in [0.4, 0.5) is 5.69 Å². The van der Waals surface area contributed by atoms with Crippen molar-refractivity contribution in [3.63, 3.8) is 0 Å². The van der Waals surface area contributed by atoms with Gasteiger partial charge >= 0.3 is 0 Å². The first-order valence-corrected chi connectivity index (χ1v) is 5.85. The second kappa shape index (κ2) is 4.71. The molecule has 0 saturated heterocycles. The van der Waals surface area contributed by atoms with Gasteiger partial charge < -0.3 is 5.73 Å². The smallest absolute Gasteiger partial charge is 0.190 e. The van der Waals surface area contributed by atoms with Crippen molar-refractivity contribution >= 4 is 23.1 Å². The fourth-order valence-corrected chi connectivity index (χ4v) is 2.13. The minimum absolute atomic E-state index is 0.0275. The normalized spacial score (nSPS) is 15.7. The predicted octanol–water partition coefficient (Wildman–Crippen LogP) is 3.61. The molecule has 0 atom stereocenters. The molecular weight excluding hydrogens is 222 g/mol. The molecule has 0 amide bonds. The number of hydrogen-bond donors (Lipinski definition) is 1. The van der Waals surface area contributed by atoms with Crippen LogP contribution in [0.2, 0.25) is 5.02 Å². The maximum Gasteiger partial charge on any atom is 0.190 e. The van der Waals surface area contributed by atoms with Crippen LogP contribution in [0.1, 0.15) is 36.0 Å². The molecule has 2 nitrogen and oxygen atoms in total. The second-order valence-corrected chi connectivity index (χ2v) is 4.41. The topological polar surface area (TPSA) is 43.1 Å². The Kier molecular flexibility index (Phi) is 3.30. The molecular formula is C13H14ClNO. The van der Waals surface area contributed by atoms with Gasteiger partial charge in [-0.15, -0.1) is 0 Å². The van der Waals surface area contributed by atoms with Gasteiger partial charge in [-0.25, -0.2) is 0 Å². The molecule has 2 N–H and O–H groups in total. The van der Waals surface area contributed by atoms with Crippen LogP contribution in [0.25, 0.3) is 0 Å². The average molecular weight is 236 g/mol. The Balaban J connectivity index is 2.33. The molecule has 2 rings (SSSR count). The molecule has 0 aromatic heterocycles. The van der Waals surface area contributed by atoms with Gasteiger partial charge in [0, 0.05) is 5.56 Å². The number of benzene rings is 1. The van der Waals surface area contributed by atoms with E-state index in [1.807, 2.05) is 6.08 Å². The number of allylic oxidation sites excluding steroid dienone is 2. The maximum atomic E-state index is 12.2. The third kappa shape index (κ3) is 2.12. The Morgan fingerprint density at radius 2 is 2.12 bits per heavy atom. The Hall–Kier alpha value is -1.28. The molecule has 1 aromatic rings. The lowest BCUT2D eigenvalue weighted by Crippen LogP contribution is -2.09. The van der Waals surface area contributed by atoms with E-state index in [0.29, 0.717) is 16.3 Å². The number of halogens is 1. The van der Waals surface area contributed by atoms with Gasteiger partial charge in [0.25, 0.3) is 0 Å². The van der Waals surface area contributed by atoms with Gasteiger partial charge in [-0.05, 0) is 43.4 Å². The third-order valence-electron chi connectivity index (χ3n) is 2.88. The number of carbonyl (C=O) groups is 1. The molecule has 1 aromatic carbocycles. The summed E-state index contributed by atoms with van der Waals surface area (Å²) >= 11 is 5.90. The maximum absolute atomic E-state index is 12.2. The number of nitrogen functional groups attached to an aromatic ring is 1. The SMILES string of the molecule is Nc1c(Cl)cccc1C(=O)C1=CCCCC1. The summed E-state index contributed by atoms with van der Waals surface area (Å²) in [4.78, 5) is 12.2. The molecule has 0 fully saturated rings. The van der Waals surface area contributed by atoms with E-state index in [1.165, 1.54) is 6.42 Å². The highest BCUT2D eigenvalue weighted by Crippen LogP contribution is 2.27. The predicted molar refractivity (Wildman–Crippen MR) is 66.7 cm³/mol. The van der Waals surface area contributed by atoms with E-state index < -0.39 is 0 Å². The highest BCUT2D eigenvalue weighted by molar-refractivity contribution is 6.34. The molecule has 0 unspecified atom stereocenters. The van der Waals surface area contributed by atoms with Crippen LogP contribution in [0.3, 0.4) is 0 Å². The number of carbonyl (C=O) groups excluding carboxylic acids is 1. The van der Waals surface area contributed by atoms with Crippen LogP contribution in [-0.4, -0.2) is 5.78 Å². The molecule has 1 aliphatic rings. The summed E-state index contributed by atoms with van der Waals surface area (Å²) in [6.45, 7) is 0. The van der Waals surface area contributed by atoms with E-state index in [-0.39, 0.29) is 5.78 Å². The van der Waals surface area contributed by atoms with Gasteiger partial charge in [-0.3, -0.25) is 4.79 Å². The highest BCUT2D eigenvalue weighted by Gasteiger charge is 2.17. The lowest BCUT2D eigenvalue weighted by Gasteiger charge is -2.13. The lowest BCUT2D eigenvalue weighted by atomic mass is 9.92. The van der Waals surface area contributed by atoms with E-state index in [1.54, 1.807) is 18.2 Å². The van der Waals surface area contributed by atoms with Crippen molar-refractivity contribution in [2.45, 2.75) is 25.7 Å². The fraction of sp³-hybridized carbons (Fsp3) is 0.308. The van der Waals surface area contributed by atoms with Crippen molar-refractivity contribution in [2.75, 3.05) is 5.73 Å². The molecule has 16 heavy (non-hydrogen) atoms. The number of nitrogens with two attached hydrogens (primary N) is 1. The summed E-state index contributed by atoms with van der Waals surface area (Å²) in [6, 6.07) is 5.19. The van der Waals surface area contributed by atoms with E-state index >= 15 is 0 Å². The Morgan fingerprint density at radius 1 is 1.31 bits per heavy atom. The number of Topliss-reactive ketones (excluding diaryl/α,β-unsaturated/α-hetero) is 1. The number of hydrogen-bond acceptors (Lipinski definition) is 2. The van der Waals surface area contributed by atoms with Crippen molar-refractivity contribution in [1.29, 1.82) is 0 Å². The van der Waals surface area contributed by atoms with Crippen LogP contribution in [0, 0.1) is 0 Å². The van der Waals surface area contributed by atoms with Crippen molar-refractivity contribution in [2.24, 2.45) is 0 Å². The standard InChI is InChI=1S/C13H14ClNO/c14-11-8-4-7-10(12(11)15)13(16)9-5-2-1-3-6-9/h4-5,7-8H,1-3,6,15H2. The molecule has 3 heteroatoms. The number of rotatable bonds is 2. The van der Waals surface area contributed by atoms with E-state index in [9.17, 15) is 4.79 Å². The van der Waals surface area contributed by atoms with Crippen molar-refractivity contribution in [3.8, 4) is 0 Å². The van der Waals surface area contributed by atoms with Gasteiger partial charge in [-0.1, -0.05) is 23.7 Å². The molecule has 0 aliphatic heterocycles. The van der Waals surface area contributed by atoms with Crippen LogP contribution in [0.5, 0.6) is 0 Å². The summed E-state index contributed by atoms with van der Waals surface area (Å²) in [5.74, 6) is 0.0275. The number of para-hydroxylation sites is 1. The summed E-state index contributed by atoms with van der Waals surface area (Å²) in [7, 11) is 0. The quantitative estimate of drug-likeness (QED) is 0.629. The Morgan fingerprint density at radius 3 is 2.81 bits per heavy atom. The number of ketones is 1. The first-order chi connectivity index (χ1) is 7.70. The molecule has 0 heterocycles. The van der Waals surface area contributed by atoms with E-state index in [0.717, 1.165) is 24.8 Å². The molecule has 0 spiro atoms. The van der Waals surface area contributed by atoms with Gasteiger partial charge in [-0.2, -0.15) is 0 Å². The van der Waals surface area contributed by atoms with Crippen molar-refractivity contribution < 1.29 is 4.79 Å². The minimum Gasteiger partial charge on any atom is -0.397 e. The minimum atomic E-state index is 0.0275. The van der Waals surface area contributed by atoms with Gasteiger partial charge in [0.15, 0.2) is 5.78 Å². The fourth-order valence-electron chi connectivity index (χ4n) is 1.95. The van der Waals surface area contributed by atoms with Gasteiger partial charge in [0.2, 0.25) is 0 Å². The van der Waals surface area contributed by atoms with Crippen molar-refractivity contribution in [1.82, 2.24) is 0 Å². The summed E-state index contributed by atoms with van der Waals surface area (Å²) in [5.41, 5.74) is 7.60. The number of anilines is 1. The van der Waals surface area contributed by atoms with E-state index in [2.05, 4.69) is 0 Å². The lowest BCUT2D eigenvalue weighted by molar-refractivity contribution is 0.102. The largest absolute Gasteiger partial charge is 0.397 e. The van der Waals surface area contributed by atoms with Gasteiger partial charge in [0.05, 0.1) is 10.7 Å². The van der Waals surface area contributed by atoms with Crippen LogP contribution in [-0.2, 0) is 0 Å². The molecule has 0 bridgehead atoms. The summed E-state index contributed by atoms with van der Waals surface area (Å²) < 4.78 is 0. The average Bonchev–Trinajstić information content (AvgIpc) is 2.33. The zero-order valence-electron chi connectivity index (χ0n) is 9.00. The Labute approximate surface area is 100 Å².